The fourth-order valence-corrected chi connectivity index (χ4v) is 3.11. The van der Waals surface area contributed by atoms with Gasteiger partial charge in [0.05, 0.1) is 11.9 Å². The van der Waals surface area contributed by atoms with Gasteiger partial charge in [-0.1, -0.05) is 12.1 Å². The van der Waals surface area contributed by atoms with Gasteiger partial charge in [0.15, 0.2) is 16.7 Å². The fraction of sp³-hybridized carbons (Fsp3) is 0.263. The summed E-state index contributed by atoms with van der Waals surface area (Å²) in [6.45, 7) is 3.21. The van der Waals surface area contributed by atoms with Crippen molar-refractivity contribution >= 4 is 29.2 Å². The van der Waals surface area contributed by atoms with E-state index in [1.807, 2.05) is 4.90 Å². The number of hydrogen-bond acceptors (Lipinski definition) is 4. The van der Waals surface area contributed by atoms with Gasteiger partial charge in [0.1, 0.15) is 5.82 Å². The first kappa shape index (κ1) is 20.1. The van der Waals surface area contributed by atoms with E-state index in [1.54, 1.807) is 12.1 Å². The van der Waals surface area contributed by atoms with Crippen LogP contribution in [0.1, 0.15) is 11.1 Å². The molecule has 148 valence electrons. The molecule has 3 N–H and O–H groups in total. The summed E-state index contributed by atoms with van der Waals surface area (Å²) in [6.07, 6.45) is 1.13. The molecule has 3 rings (SSSR count). The van der Waals surface area contributed by atoms with E-state index in [1.165, 1.54) is 24.3 Å². The van der Waals surface area contributed by atoms with Crippen molar-refractivity contribution in [3.05, 3.63) is 65.0 Å². The maximum atomic E-state index is 14.5. The molecule has 0 atom stereocenters. The van der Waals surface area contributed by atoms with Gasteiger partial charge >= 0.3 is 0 Å². The summed E-state index contributed by atoms with van der Waals surface area (Å²) in [6, 6.07) is 9.38. The van der Waals surface area contributed by atoms with Crippen LogP contribution < -0.4 is 16.1 Å². The number of piperazine rings is 1. The third-order valence-electron chi connectivity index (χ3n) is 4.50. The largest absolute Gasteiger partial charge is 0.375 e. The highest BCUT2D eigenvalue weighted by Gasteiger charge is 2.22. The molecule has 1 aliphatic heterocycles. The number of benzene rings is 2. The molecule has 0 spiro atoms. The molecule has 0 unspecified atom stereocenters. The predicted molar refractivity (Wildman–Crippen MR) is 108 cm³/mol. The van der Waals surface area contributed by atoms with Crippen molar-refractivity contribution in [2.45, 2.75) is 6.54 Å². The monoisotopic (exact) mass is 407 g/mol. The molecule has 0 aromatic heterocycles. The van der Waals surface area contributed by atoms with E-state index in [0.29, 0.717) is 32.7 Å². The second kappa shape index (κ2) is 9.03. The molecular weight excluding hydrogens is 387 g/mol. The van der Waals surface area contributed by atoms with Crippen LogP contribution in [0.15, 0.2) is 41.5 Å². The van der Waals surface area contributed by atoms with Crippen molar-refractivity contribution in [1.29, 1.82) is 0 Å². The van der Waals surface area contributed by atoms with Gasteiger partial charge < -0.3 is 10.6 Å². The van der Waals surface area contributed by atoms with E-state index in [-0.39, 0.29) is 22.2 Å². The van der Waals surface area contributed by atoms with E-state index >= 15 is 0 Å². The van der Waals surface area contributed by atoms with Gasteiger partial charge in [-0.15, -0.1) is 0 Å². The van der Waals surface area contributed by atoms with Gasteiger partial charge in [0, 0.05) is 38.3 Å². The Labute approximate surface area is 166 Å². The molecule has 0 amide bonds. The van der Waals surface area contributed by atoms with Crippen LogP contribution in [0, 0.1) is 17.5 Å². The van der Waals surface area contributed by atoms with Crippen molar-refractivity contribution < 1.29 is 13.2 Å². The lowest BCUT2D eigenvalue weighted by atomic mass is 10.1. The van der Waals surface area contributed by atoms with Crippen molar-refractivity contribution in [3.63, 3.8) is 0 Å². The summed E-state index contributed by atoms with van der Waals surface area (Å²) in [7, 11) is 0. The summed E-state index contributed by atoms with van der Waals surface area (Å²) in [4.78, 5) is 4.01. The normalized spacial score (nSPS) is 15.2. The lowest BCUT2D eigenvalue weighted by molar-refractivity contribution is 0.249. The quantitative estimate of drug-likeness (QED) is 0.453. The van der Waals surface area contributed by atoms with Crippen molar-refractivity contribution in [1.82, 2.24) is 10.3 Å². The molecule has 5 nitrogen and oxygen atoms in total. The van der Waals surface area contributed by atoms with Gasteiger partial charge in [0.25, 0.3) is 0 Å². The number of anilines is 1. The van der Waals surface area contributed by atoms with Crippen LogP contribution in [0.25, 0.3) is 0 Å². The molecule has 1 fully saturated rings. The smallest absolute Gasteiger partial charge is 0.184 e. The van der Waals surface area contributed by atoms with Crippen molar-refractivity contribution in [2.75, 3.05) is 31.1 Å². The Balaban J connectivity index is 1.62. The second-order valence-electron chi connectivity index (χ2n) is 6.43. The van der Waals surface area contributed by atoms with Crippen LogP contribution in [0.5, 0.6) is 0 Å². The van der Waals surface area contributed by atoms with Crippen molar-refractivity contribution in [3.8, 4) is 0 Å². The van der Waals surface area contributed by atoms with Crippen molar-refractivity contribution in [2.24, 2.45) is 10.8 Å². The van der Waals surface area contributed by atoms with E-state index in [4.69, 9.17) is 5.73 Å². The van der Waals surface area contributed by atoms with Crippen LogP contribution in [0.2, 0.25) is 0 Å². The van der Waals surface area contributed by atoms with Gasteiger partial charge in [-0.05, 0) is 42.0 Å². The van der Waals surface area contributed by atoms with Crippen LogP contribution in [-0.2, 0) is 6.54 Å². The molecule has 9 heteroatoms. The van der Waals surface area contributed by atoms with Gasteiger partial charge in [-0.25, -0.2) is 13.2 Å². The van der Waals surface area contributed by atoms with Gasteiger partial charge in [-0.2, -0.15) is 5.10 Å². The summed E-state index contributed by atoms with van der Waals surface area (Å²) in [5, 5.41) is 3.59. The fourth-order valence-electron chi connectivity index (χ4n) is 3.06. The molecule has 1 aliphatic rings. The number of hydrogen-bond donors (Lipinski definition) is 2. The predicted octanol–water partition coefficient (Wildman–Crippen LogP) is 2.59. The number of nitrogens with one attached hydrogen (secondary N) is 1. The van der Waals surface area contributed by atoms with Crippen LogP contribution >= 0.6 is 12.2 Å². The van der Waals surface area contributed by atoms with Crippen LogP contribution in [0.3, 0.4) is 0 Å². The van der Waals surface area contributed by atoms with Gasteiger partial charge in [0.2, 0.25) is 0 Å². The number of nitrogens with two attached hydrogens (primary N) is 1. The number of nitrogens with zero attached hydrogens (tertiary/aromatic N) is 3. The van der Waals surface area contributed by atoms with Gasteiger partial charge in [-0.3, -0.25) is 10.3 Å². The minimum atomic E-state index is -0.972. The van der Waals surface area contributed by atoms with E-state index in [9.17, 15) is 13.2 Å². The Morgan fingerprint density at radius 1 is 1.04 bits per heavy atom. The molecule has 0 saturated carbocycles. The Bertz CT molecular complexity index is 865. The average Bonchev–Trinajstić information content (AvgIpc) is 2.68. The molecular formula is C19H20F3N5S. The lowest BCUT2D eigenvalue weighted by Gasteiger charge is -2.36. The number of thiocarbonyl (C=S) groups is 1. The molecule has 28 heavy (non-hydrogen) atoms. The molecule has 1 heterocycles. The van der Waals surface area contributed by atoms with Crippen LogP contribution in [0.4, 0.5) is 18.9 Å². The summed E-state index contributed by atoms with van der Waals surface area (Å²) >= 11 is 4.59. The highest BCUT2D eigenvalue weighted by atomic mass is 32.1. The standard InChI is InChI=1S/C19H20F3N5S/c20-15-4-1-13(2-5-15)12-26-7-9-27(10-8-26)16-6-3-14(17(21)18(16)22)11-24-25-19(23)28/h1-6,11H,7-10,12H2,(H3,23,25,28)/b24-11+. The zero-order valence-corrected chi connectivity index (χ0v) is 15.9. The summed E-state index contributed by atoms with van der Waals surface area (Å²) in [5.74, 6) is -2.15. The zero-order chi connectivity index (χ0) is 20.1. The maximum Gasteiger partial charge on any atom is 0.184 e. The third kappa shape index (κ3) is 4.99. The maximum absolute atomic E-state index is 14.5. The molecule has 0 radical (unpaired) electrons. The highest BCUT2D eigenvalue weighted by Crippen LogP contribution is 2.25. The topological polar surface area (TPSA) is 56.9 Å². The average molecular weight is 407 g/mol. The first-order chi connectivity index (χ1) is 13.4. The Morgan fingerprint density at radius 3 is 2.36 bits per heavy atom. The first-order valence-electron chi connectivity index (χ1n) is 8.72. The molecule has 0 aliphatic carbocycles. The number of hydrazone groups is 1. The third-order valence-corrected chi connectivity index (χ3v) is 4.59. The van der Waals surface area contributed by atoms with E-state index < -0.39 is 11.6 Å². The Morgan fingerprint density at radius 2 is 1.71 bits per heavy atom. The first-order valence-corrected chi connectivity index (χ1v) is 9.13. The number of rotatable bonds is 5. The SMILES string of the molecule is NC(=S)N/N=C/c1ccc(N2CCN(Cc3ccc(F)cc3)CC2)c(F)c1F. The molecule has 0 bridgehead atoms. The van der Waals surface area contributed by atoms with E-state index in [2.05, 4.69) is 27.6 Å². The molecule has 2 aromatic rings. The molecule has 2 aromatic carbocycles. The summed E-state index contributed by atoms with van der Waals surface area (Å²) < 4.78 is 41.8. The Hall–Kier alpha value is -2.65. The summed E-state index contributed by atoms with van der Waals surface area (Å²) in [5.41, 5.74) is 8.76. The minimum absolute atomic E-state index is 0.0000502. The Kier molecular flexibility index (Phi) is 6.48. The second-order valence-corrected chi connectivity index (χ2v) is 6.87. The number of halogens is 3. The highest BCUT2D eigenvalue weighted by molar-refractivity contribution is 7.80. The molecule has 1 saturated heterocycles. The van der Waals surface area contributed by atoms with Crippen LogP contribution in [-0.4, -0.2) is 42.4 Å². The minimum Gasteiger partial charge on any atom is -0.375 e. The van der Waals surface area contributed by atoms with E-state index in [0.717, 1.165) is 11.8 Å². The zero-order valence-electron chi connectivity index (χ0n) is 15.0. The lowest BCUT2D eigenvalue weighted by Crippen LogP contribution is -2.46.